The van der Waals surface area contributed by atoms with Crippen molar-refractivity contribution in [2.24, 2.45) is 5.41 Å². The molecule has 0 aliphatic carbocycles. The molecule has 8 heteroatoms. The average Bonchev–Trinajstić information content (AvgIpc) is 2.37. The van der Waals surface area contributed by atoms with E-state index in [0.29, 0.717) is 0 Å². The van der Waals surface area contributed by atoms with Crippen molar-refractivity contribution in [1.82, 2.24) is 10.2 Å². The molecule has 8 nitrogen and oxygen atoms in total. The molecule has 0 spiro atoms. The van der Waals surface area contributed by atoms with E-state index in [-0.39, 0.29) is 26.2 Å². The Bertz CT molecular complexity index is 307. The molecule has 1 atom stereocenters. The molecule has 0 saturated carbocycles. The van der Waals surface area contributed by atoms with Gasteiger partial charge in [0.15, 0.2) is 0 Å². The lowest BCUT2D eigenvalue weighted by atomic mass is 9.87. The van der Waals surface area contributed by atoms with Gasteiger partial charge in [-0.3, -0.25) is 9.59 Å². The number of rotatable bonds is 8. The fourth-order valence-corrected chi connectivity index (χ4v) is 1.03. The Morgan fingerprint density at radius 2 is 1.76 bits per heavy atom. The normalized spacial score (nSPS) is 12.4. The molecule has 21 heavy (non-hydrogen) atoms. The first-order valence-corrected chi connectivity index (χ1v) is 6.62. The Balaban J connectivity index is 0. The highest BCUT2D eigenvalue weighted by Gasteiger charge is 2.32. The number of carbonyl (C=O) groups is 2. The number of carboxylic acid groups (broad SMARTS) is 1. The lowest BCUT2D eigenvalue weighted by molar-refractivity contribution is -0.138. The summed E-state index contributed by atoms with van der Waals surface area (Å²) in [5.41, 5.74) is -0.937. The van der Waals surface area contributed by atoms with E-state index in [4.69, 9.17) is 15.3 Å². The lowest BCUT2D eigenvalue weighted by Crippen LogP contribution is -2.45. The smallest absolute Gasteiger partial charge is 0.305 e. The number of aliphatic hydroxyl groups is 3. The molecule has 0 fully saturated rings. The van der Waals surface area contributed by atoms with Crippen LogP contribution >= 0.6 is 0 Å². The SMILES string of the molecule is CC(C)(CO)C(O)C(=O)NCCC(=O)O.CN(C)CCO. The van der Waals surface area contributed by atoms with Crippen LogP contribution in [0.5, 0.6) is 0 Å². The molecular formula is C13H28N2O6. The zero-order valence-corrected chi connectivity index (χ0v) is 13.2. The molecule has 0 saturated heterocycles. The van der Waals surface area contributed by atoms with Crippen molar-refractivity contribution in [2.45, 2.75) is 26.4 Å². The van der Waals surface area contributed by atoms with E-state index in [1.165, 1.54) is 13.8 Å². The Hall–Kier alpha value is -1.22. The van der Waals surface area contributed by atoms with Crippen molar-refractivity contribution < 1.29 is 30.0 Å². The van der Waals surface area contributed by atoms with Crippen molar-refractivity contribution in [1.29, 1.82) is 0 Å². The summed E-state index contributed by atoms with van der Waals surface area (Å²) in [6.07, 6.45) is -1.55. The molecule has 0 bridgehead atoms. The van der Waals surface area contributed by atoms with Gasteiger partial charge in [0.1, 0.15) is 6.10 Å². The summed E-state index contributed by atoms with van der Waals surface area (Å²) in [4.78, 5) is 23.3. The van der Waals surface area contributed by atoms with Gasteiger partial charge >= 0.3 is 5.97 Å². The van der Waals surface area contributed by atoms with Gasteiger partial charge < -0.3 is 30.6 Å². The van der Waals surface area contributed by atoms with Crippen LogP contribution in [0.1, 0.15) is 20.3 Å². The first-order chi connectivity index (χ1) is 9.58. The van der Waals surface area contributed by atoms with E-state index in [0.717, 1.165) is 6.54 Å². The van der Waals surface area contributed by atoms with E-state index in [2.05, 4.69) is 5.32 Å². The fourth-order valence-electron chi connectivity index (χ4n) is 1.03. The average molecular weight is 308 g/mol. The number of likely N-dealkylation sites (N-methyl/N-ethyl adjacent to an activating group) is 1. The third-order valence-corrected chi connectivity index (χ3v) is 2.58. The van der Waals surface area contributed by atoms with Gasteiger partial charge in [-0.1, -0.05) is 13.8 Å². The second kappa shape index (κ2) is 11.4. The van der Waals surface area contributed by atoms with Gasteiger partial charge in [-0.15, -0.1) is 0 Å². The third kappa shape index (κ3) is 12.2. The van der Waals surface area contributed by atoms with E-state index in [9.17, 15) is 14.7 Å². The summed E-state index contributed by atoms with van der Waals surface area (Å²) in [7, 11) is 3.85. The molecule has 5 N–H and O–H groups in total. The minimum atomic E-state index is -1.35. The zero-order chi connectivity index (χ0) is 17.1. The highest BCUT2D eigenvalue weighted by atomic mass is 16.4. The molecule has 126 valence electrons. The Morgan fingerprint density at radius 3 is 2.05 bits per heavy atom. The molecule has 0 heterocycles. The van der Waals surface area contributed by atoms with Crippen LogP contribution in [0.25, 0.3) is 0 Å². The number of carboxylic acids is 1. The fraction of sp³-hybridized carbons (Fsp3) is 0.846. The van der Waals surface area contributed by atoms with E-state index in [1.807, 2.05) is 19.0 Å². The van der Waals surface area contributed by atoms with Gasteiger partial charge in [0.25, 0.3) is 0 Å². The number of hydrogen-bond acceptors (Lipinski definition) is 6. The van der Waals surface area contributed by atoms with Crippen LogP contribution in [0.4, 0.5) is 0 Å². The molecule has 0 aromatic rings. The van der Waals surface area contributed by atoms with Gasteiger partial charge in [-0.2, -0.15) is 0 Å². The summed E-state index contributed by atoms with van der Waals surface area (Å²) in [5.74, 6) is -1.69. The Kier molecular flexibility index (Phi) is 12.0. The number of nitrogens with one attached hydrogen (secondary N) is 1. The van der Waals surface area contributed by atoms with Gasteiger partial charge in [0.05, 0.1) is 19.6 Å². The zero-order valence-electron chi connectivity index (χ0n) is 13.2. The molecule has 1 unspecified atom stereocenters. The monoisotopic (exact) mass is 308 g/mol. The van der Waals surface area contributed by atoms with Crippen molar-refractivity contribution >= 4 is 11.9 Å². The van der Waals surface area contributed by atoms with Crippen LogP contribution in [0.2, 0.25) is 0 Å². The van der Waals surface area contributed by atoms with Crippen LogP contribution in [0, 0.1) is 5.41 Å². The van der Waals surface area contributed by atoms with E-state index in [1.54, 1.807) is 0 Å². The molecule has 1 amide bonds. The summed E-state index contributed by atoms with van der Waals surface area (Å²) in [6, 6.07) is 0. The molecule has 0 aromatic heterocycles. The van der Waals surface area contributed by atoms with Crippen LogP contribution in [0.3, 0.4) is 0 Å². The highest BCUT2D eigenvalue weighted by molar-refractivity contribution is 5.81. The van der Waals surface area contributed by atoms with Gasteiger partial charge in [0.2, 0.25) is 5.91 Å². The largest absolute Gasteiger partial charge is 0.481 e. The number of aliphatic hydroxyl groups excluding tert-OH is 3. The molecular weight excluding hydrogens is 280 g/mol. The van der Waals surface area contributed by atoms with Crippen LogP contribution in [-0.4, -0.2) is 83.7 Å². The number of nitrogens with zero attached hydrogens (tertiary/aromatic N) is 1. The maximum atomic E-state index is 11.3. The Morgan fingerprint density at radius 1 is 1.24 bits per heavy atom. The maximum Gasteiger partial charge on any atom is 0.305 e. The second-order valence-corrected chi connectivity index (χ2v) is 5.51. The Labute approximate surface area is 125 Å². The predicted molar refractivity (Wildman–Crippen MR) is 77.8 cm³/mol. The number of hydrogen-bond donors (Lipinski definition) is 5. The van der Waals surface area contributed by atoms with Gasteiger partial charge in [-0.05, 0) is 14.1 Å². The van der Waals surface area contributed by atoms with Crippen molar-refractivity contribution in [3.05, 3.63) is 0 Å². The summed E-state index contributed by atoms with van der Waals surface area (Å²) in [6.45, 7) is 3.73. The molecule has 0 radical (unpaired) electrons. The number of carbonyl (C=O) groups excluding carboxylic acids is 1. The van der Waals surface area contributed by atoms with Crippen molar-refractivity contribution in [3.8, 4) is 0 Å². The summed E-state index contributed by atoms with van der Waals surface area (Å²) in [5, 5.41) is 37.2. The summed E-state index contributed by atoms with van der Waals surface area (Å²) >= 11 is 0. The maximum absolute atomic E-state index is 11.3. The predicted octanol–water partition coefficient (Wildman–Crippen LogP) is -1.50. The standard InChI is InChI=1S/C9H17NO5.C4H11NO/c1-9(2,5-11)7(14)8(15)10-4-3-6(12)13;1-5(2)3-4-6/h7,11,14H,3-5H2,1-2H3,(H,10,15)(H,12,13);6H,3-4H2,1-2H3. The second-order valence-electron chi connectivity index (χ2n) is 5.51. The molecule has 0 rings (SSSR count). The van der Waals surface area contributed by atoms with Crippen LogP contribution < -0.4 is 5.32 Å². The third-order valence-electron chi connectivity index (χ3n) is 2.58. The highest BCUT2D eigenvalue weighted by Crippen LogP contribution is 2.19. The first kappa shape index (κ1) is 22.1. The first-order valence-electron chi connectivity index (χ1n) is 6.62. The quantitative estimate of drug-likeness (QED) is 0.369. The van der Waals surface area contributed by atoms with E-state index >= 15 is 0 Å². The minimum absolute atomic E-state index is 0.0350. The van der Waals surface area contributed by atoms with Gasteiger partial charge in [-0.25, -0.2) is 0 Å². The molecule has 0 aliphatic heterocycles. The van der Waals surface area contributed by atoms with Crippen LogP contribution in [-0.2, 0) is 9.59 Å². The number of aliphatic carboxylic acids is 1. The molecule has 0 aliphatic rings. The topological polar surface area (TPSA) is 130 Å². The van der Waals surface area contributed by atoms with Gasteiger partial charge in [0, 0.05) is 18.5 Å². The minimum Gasteiger partial charge on any atom is -0.481 e. The summed E-state index contributed by atoms with van der Waals surface area (Å²) < 4.78 is 0. The number of amides is 1. The van der Waals surface area contributed by atoms with Crippen molar-refractivity contribution in [2.75, 3.05) is 40.4 Å². The lowest BCUT2D eigenvalue weighted by Gasteiger charge is -2.26. The molecule has 0 aromatic carbocycles. The van der Waals surface area contributed by atoms with E-state index < -0.39 is 23.4 Å². The van der Waals surface area contributed by atoms with Crippen LogP contribution in [0.15, 0.2) is 0 Å². The van der Waals surface area contributed by atoms with Crippen molar-refractivity contribution in [3.63, 3.8) is 0 Å².